The summed E-state index contributed by atoms with van der Waals surface area (Å²) in [6.07, 6.45) is 0.268. The van der Waals surface area contributed by atoms with Crippen LogP contribution in [0.3, 0.4) is 0 Å². The van der Waals surface area contributed by atoms with Gasteiger partial charge in [-0.2, -0.15) is 0 Å². The number of Topliss-reactive ketones (excluding diaryl/α,β-unsaturated/α-hetero) is 1. The third-order valence-corrected chi connectivity index (χ3v) is 3.21. The number of carbonyl (C=O) groups is 2. The van der Waals surface area contributed by atoms with Crippen LogP contribution in [0.25, 0.3) is 0 Å². The molecule has 0 aliphatic carbocycles. The average molecular weight is 300 g/mol. The van der Waals surface area contributed by atoms with E-state index in [2.05, 4.69) is 0 Å². The number of rotatable bonds is 6. The Balaban J connectivity index is 1.97. The molecule has 0 amide bonds. The molecule has 0 spiro atoms. The molecule has 0 N–H and O–H groups in total. The van der Waals surface area contributed by atoms with Crippen molar-refractivity contribution < 1.29 is 18.7 Å². The van der Waals surface area contributed by atoms with Gasteiger partial charge in [0.2, 0.25) is 0 Å². The van der Waals surface area contributed by atoms with Crippen molar-refractivity contribution in [2.24, 2.45) is 0 Å². The lowest BCUT2D eigenvalue weighted by atomic mass is 10.0. The van der Waals surface area contributed by atoms with Crippen molar-refractivity contribution in [3.63, 3.8) is 0 Å². The number of carbonyl (C=O) groups excluding carboxylic acids is 2. The molecule has 0 aliphatic rings. The van der Waals surface area contributed by atoms with Crippen LogP contribution in [0.5, 0.6) is 0 Å². The smallest absolute Gasteiger partial charge is 0.338 e. The van der Waals surface area contributed by atoms with E-state index >= 15 is 0 Å². The molecule has 0 unspecified atom stereocenters. The van der Waals surface area contributed by atoms with Crippen LogP contribution < -0.4 is 0 Å². The average Bonchev–Trinajstić information content (AvgIpc) is 2.50. The summed E-state index contributed by atoms with van der Waals surface area (Å²) in [5, 5.41) is 0. The monoisotopic (exact) mass is 300 g/mol. The first-order valence-electron chi connectivity index (χ1n) is 7.11. The molecule has 0 saturated heterocycles. The zero-order valence-electron chi connectivity index (χ0n) is 12.3. The van der Waals surface area contributed by atoms with E-state index in [0.717, 1.165) is 5.56 Å². The summed E-state index contributed by atoms with van der Waals surface area (Å²) < 4.78 is 18.4. The first-order valence-corrected chi connectivity index (χ1v) is 7.11. The highest BCUT2D eigenvalue weighted by Gasteiger charge is 2.10. The van der Waals surface area contributed by atoms with Crippen LogP contribution in [-0.2, 0) is 22.4 Å². The Morgan fingerprint density at radius 1 is 1.00 bits per heavy atom. The summed E-state index contributed by atoms with van der Waals surface area (Å²) in [5.41, 5.74) is 1.64. The number of ether oxygens (including phenoxy) is 1. The van der Waals surface area contributed by atoms with Gasteiger partial charge in [0, 0.05) is 12.8 Å². The Bertz CT molecular complexity index is 662. The van der Waals surface area contributed by atoms with Gasteiger partial charge in [-0.15, -0.1) is 0 Å². The third kappa shape index (κ3) is 4.25. The maximum atomic E-state index is 13.5. The van der Waals surface area contributed by atoms with Crippen molar-refractivity contribution in [1.82, 2.24) is 0 Å². The van der Waals surface area contributed by atoms with Gasteiger partial charge in [0.05, 0.1) is 12.2 Å². The largest absolute Gasteiger partial charge is 0.462 e. The summed E-state index contributed by atoms with van der Waals surface area (Å²) in [6, 6.07) is 12.9. The fourth-order valence-electron chi connectivity index (χ4n) is 2.12. The summed E-state index contributed by atoms with van der Waals surface area (Å²) in [5.74, 6) is -0.825. The van der Waals surface area contributed by atoms with Crippen LogP contribution in [0.4, 0.5) is 4.39 Å². The van der Waals surface area contributed by atoms with E-state index in [9.17, 15) is 14.0 Å². The normalized spacial score (nSPS) is 10.3. The van der Waals surface area contributed by atoms with Crippen LogP contribution in [0, 0.1) is 5.82 Å². The highest BCUT2D eigenvalue weighted by atomic mass is 19.1. The van der Waals surface area contributed by atoms with Gasteiger partial charge in [0.1, 0.15) is 11.6 Å². The van der Waals surface area contributed by atoms with E-state index in [1.807, 2.05) is 0 Å². The lowest BCUT2D eigenvalue weighted by molar-refractivity contribution is -0.117. The van der Waals surface area contributed by atoms with Gasteiger partial charge in [-0.25, -0.2) is 9.18 Å². The second kappa shape index (κ2) is 7.50. The maximum absolute atomic E-state index is 13.5. The number of hydrogen-bond donors (Lipinski definition) is 0. The topological polar surface area (TPSA) is 43.4 Å². The first kappa shape index (κ1) is 15.9. The van der Waals surface area contributed by atoms with Gasteiger partial charge in [-0.3, -0.25) is 4.79 Å². The number of hydrogen-bond acceptors (Lipinski definition) is 3. The molecule has 0 aromatic heterocycles. The molecule has 22 heavy (non-hydrogen) atoms. The van der Waals surface area contributed by atoms with Gasteiger partial charge in [0.25, 0.3) is 0 Å². The number of esters is 1. The minimum absolute atomic E-state index is 0.0618. The Labute approximate surface area is 128 Å². The molecule has 0 radical (unpaired) electrons. The van der Waals surface area contributed by atoms with Crippen LogP contribution in [-0.4, -0.2) is 18.4 Å². The number of halogens is 1. The molecule has 0 atom stereocenters. The fourth-order valence-corrected chi connectivity index (χ4v) is 2.12. The zero-order valence-corrected chi connectivity index (χ0v) is 12.3. The van der Waals surface area contributed by atoms with E-state index in [1.165, 1.54) is 6.07 Å². The molecule has 2 rings (SSSR count). The number of benzene rings is 2. The molecular formula is C18H17FO3. The molecule has 2 aromatic rings. The molecule has 0 bridgehead atoms. The van der Waals surface area contributed by atoms with E-state index in [0.29, 0.717) is 17.7 Å². The Kier molecular flexibility index (Phi) is 5.42. The van der Waals surface area contributed by atoms with Gasteiger partial charge < -0.3 is 4.74 Å². The van der Waals surface area contributed by atoms with Crippen molar-refractivity contribution >= 4 is 11.8 Å². The Morgan fingerprint density at radius 3 is 2.32 bits per heavy atom. The molecule has 114 valence electrons. The van der Waals surface area contributed by atoms with Crippen molar-refractivity contribution in [1.29, 1.82) is 0 Å². The summed E-state index contributed by atoms with van der Waals surface area (Å²) >= 11 is 0. The Hall–Kier alpha value is -2.49. The third-order valence-electron chi connectivity index (χ3n) is 3.21. The van der Waals surface area contributed by atoms with Gasteiger partial charge in [-0.05, 0) is 36.2 Å². The highest BCUT2D eigenvalue weighted by Crippen LogP contribution is 2.11. The summed E-state index contributed by atoms with van der Waals surface area (Å²) in [6.45, 7) is 2.06. The minimum atomic E-state index is -0.383. The lowest BCUT2D eigenvalue weighted by Crippen LogP contribution is -2.09. The summed E-state index contributed by atoms with van der Waals surface area (Å²) in [7, 11) is 0. The van der Waals surface area contributed by atoms with Crippen molar-refractivity contribution in [3.05, 3.63) is 71.0 Å². The first-order chi connectivity index (χ1) is 10.6. The zero-order chi connectivity index (χ0) is 15.9. The quantitative estimate of drug-likeness (QED) is 0.768. The van der Waals surface area contributed by atoms with Gasteiger partial charge >= 0.3 is 5.97 Å². The van der Waals surface area contributed by atoms with Crippen LogP contribution >= 0.6 is 0 Å². The van der Waals surface area contributed by atoms with Crippen LogP contribution in [0.2, 0.25) is 0 Å². The van der Waals surface area contributed by atoms with Crippen molar-refractivity contribution in [2.75, 3.05) is 6.61 Å². The van der Waals surface area contributed by atoms with Crippen molar-refractivity contribution in [2.45, 2.75) is 19.8 Å². The van der Waals surface area contributed by atoms with E-state index < -0.39 is 0 Å². The SMILES string of the molecule is CCOC(=O)c1ccc(CC(=O)Cc2ccccc2F)cc1. The molecule has 0 aliphatic heterocycles. The van der Waals surface area contributed by atoms with Crippen molar-refractivity contribution in [3.8, 4) is 0 Å². The van der Waals surface area contributed by atoms with E-state index in [4.69, 9.17) is 4.74 Å². The second-order valence-corrected chi connectivity index (χ2v) is 4.90. The highest BCUT2D eigenvalue weighted by molar-refractivity contribution is 5.89. The predicted molar refractivity (Wildman–Crippen MR) is 81.2 cm³/mol. The van der Waals surface area contributed by atoms with Crippen LogP contribution in [0.15, 0.2) is 48.5 Å². The molecule has 0 fully saturated rings. The predicted octanol–water partition coefficient (Wildman–Crippen LogP) is 3.36. The van der Waals surface area contributed by atoms with Crippen LogP contribution in [0.1, 0.15) is 28.4 Å². The maximum Gasteiger partial charge on any atom is 0.338 e. The summed E-state index contributed by atoms with van der Waals surface area (Å²) in [4.78, 5) is 23.5. The molecule has 0 heterocycles. The molecule has 3 nitrogen and oxygen atoms in total. The van der Waals surface area contributed by atoms with Gasteiger partial charge in [-0.1, -0.05) is 30.3 Å². The number of ketones is 1. The second-order valence-electron chi connectivity index (χ2n) is 4.90. The molecule has 4 heteroatoms. The lowest BCUT2D eigenvalue weighted by Gasteiger charge is -2.05. The fraction of sp³-hybridized carbons (Fsp3) is 0.222. The molecule has 2 aromatic carbocycles. The van der Waals surface area contributed by atoms with Gasteiger partial charge in [0.15, 0.2) is 0 Å². The minimum Gasteiger partial charge on any atom is -0.462 e. The van der Waals surface area contributed by atoms with E-state index in [1.54, 1.807) is 49.4 Å². The standard InChI is InChI=1S/C18H17FO3/c1-2-22-18(21)14-9-7-13(8-10-14)11-16(20)12-15-5-3-4-6-17(15)19/h3-10H,2,11-12H2,1H3. The molecule has 0 saturated carbocycles. The Morgan fingerprint density at radius 2 is 1.68 bits per heavy atom. The molecular weight excluding hydrogens is 283 g/mol. The van der Waals surface area contributed by atoms with E-state index in [-0.39, 0.29) is 30.4 Å².